The van der Waals surface area contributed by atoms with Crippen molar-refractivity contribution in [3.8, 4) is 10.4 Å². The minimum absolute atomic E-state index is 0.593. The highest BCUT2D eigenvalue weighted by molar-refractivity contribution is 7.18. The first-order chi connectivity index (χ1) is 15.1. The maximum Gasteiger partial charge on any atom is 0.180 e. The van der Waals surface area contributed by atoms with E-state index >= 15 is 0 Å². The van der Waals surface area contributed by atoms with Gasteiger partial charge in [0.2, 0.25) is 0 Å². The van der Waals surface area contributed by atoms with Gasteiger partial charge in [-0.05, 0) is 67.0 Å². The minimum Gasteiger partial charge on any atom is -0.375 e. The van der Waals surface area contributed by atoms with E-state index < -0.39 is 0 Å². The fraction of sp³-hybridized carbons (Fsp3) is 0.292. The average molecular weight is 433 g/mol. The summed E-state index contributed by atoms with van der Waals surface area (Å²) in [5.74, 6) is 2.02. The number of nitrogens with two attached hydrogens (primary N) is 1. The SMILES string of the molecule is CNc1cc2cc(-c3cnc(N)s3)ccc2cn1.Cc1ccnc(N2CCCCC2)c1. The molecule has 31 heavy (non-hydrogen) atoms. The van der Waals surface area contributed by atoms with Gasteiger partial charge in [-0.2, -0.15) is 0 Å². The molecule has 4 aromatic rings. The summed E-state index contributed by atoms with van der Waals surface area (Å²) in [7, 11) is 1.86. The lowest BCUT2D eigenvalue weighted by molar-refractivity contribution is 0.573. The van der Waals surface area contributed by atoms with Crippen LogP contribution in [0.1, 0.15) is 24.8 Å². The van der Waals surface area contributed by atoms with E-state index in [4.69, 9.17) is 5.73 Å². The Kier molecular flexibility index (Phi) is 6.62. The van der Waals surface area contributed by atoms with E-state index in [0.29, 0.717) is 5.13 Å². The molecule has 160 valence electrons. The number of aryl methyl sites for hydroxylation is 1. The van der Waals surface area contributed by atoms with Crippen LogP contribution in [0.15, 0.2) is 55.0 Å². The van der Waals surface area contributed by atoms with Gasteiger partial charge in [-0.1, -0.05) is 23.5 Å². The van der Waals surface area contributed by atoms with Crippen molar-refractivity contribution in [1.82, 2.24) is 15.0 Å². The number of nitrogens with zero attached hydrogens (tertiary/aromatic N) is 4. The Bertz CT molecular complexity index is 1150. The number of benzene rings is 1. The summed E-state index contributed by atoms with van der Waals surface area (Å²) < 4.78 is 0. The van der Waals surface area contributed by atoms with Crippen LogP contribution in [-0.2, 0) is 0 Å². The van der Waals surface area contributed by atoms with Crippen LogP contribution in [-0.4, -0.2) is 35.1 Å². The van der Waals surface area contributed by atoms with Crippen LogP contribution in [0.4, 0.5) is 16.8 Å². The van der Waals surface area contributed by atoms with Gasteiger partial charge in [0.1, 0.15) is 11.6 Å². The van der Waals surface area contributed by atoms with Crippen molar-refractivity contribution in [2.24, 2.45) is 0 Å². The topological polar surface area (TPSA) is 80.0 Å². The molecule has 3 aromatic heterocycles. The molecule has 0 aliphatic carbocycles. The van der Waals surface area contributed by atoms with Gasteiger partial charge in [0.05, 0.1) is 4.88 Å². The second-order valence-electron chi connectivity index (χ2n) is 7.68. The Hall–Kier alpha value is -3.19. The summed E-state index contributed by atoms with van der Waals surface area (Å²) in [6.45, 7) is 4.47. The molecule has 3 N–H and O–H groups in total. The zero-order chi connectivity index (χ0) is 21.6. The number of hydrogen-bond donors (Lipinski definition) is 2. The van der Waals surface area contributed by atoms with Gasteiger partial charge < -0.3 is 16.0 Å². The molecule has 4 heterocycles. The summed E-state index contributed by atoms with van der Waals surface area (Å²) in [5, 5.41) is 5.91. The normalized spacial score (nSPS) is 13.5. The largest absolute Gasteiger partial charge is 0.375 e. The number of pyridine rings is 2. The Morgan fingerprint density at radius 2 is 1.77 bits per heavy atom. The highest BCUT2D eigenvalue weighted by atomic mass is 32.1. The van der Waals surface area contributed by atoms with Gasteiger partial charge in [-0.15, -0.1) is 0 Å². The van der Waals surface area contributed by atoms with E-state index in [2.05, 4.69) is 56.4 Å². The van der Waals surface area contributed by atoms with Crippen LogP contribution >= 0.6 is 11.3 Å². The Morgan fingerprint density at radius 3 is 2.48 bits per heavy atom. The third kappa shape index (κ3) is 5.30. The Balaban J connectivity index is 0.000000158. The molecule has 1 saturated heterocycles. The summed E-state index contributed by atoms with van der Waals surface area (Å²) >= 11 is 1.49. The second-order valence-corrected chi connectivity index (χ2v) is 8.75. The first-order valence-electron chi connectivity index (χ1n) is 10.6. The molecule has 6 nitrogen and oxygen atoms in total. The monoisotopic (exact) mass is 432 g/mol. The predicted molar refractivity (Wildman–Crippen MR) is 132 cm³/mol. The first-order valence-corrected chi connectivity index (χ1v) is 11.4. The van der Waals surface area contributed by atoms with Crippen LogP contribution < -0.4 is 16.0 Å². The van der Waals surface area contributed by atoms with Gasteiger partial charge in [-0.3, -0.25) is 0 Å². The molecule has 1 aromatic carbocycles. The van der Waals surface area contributed by atoms with E-state index in [1.165, 1.54) is 49.3 Å². The van der Waals surface area contributed by atoms with E-state index in [1.54, 1.807) is 6.20 Å². The highest BCUT2D eigenvalue weighted by Gasteiger charge is 2.11. The van der Waals surface area contributed by atoms with Crippen molar-refractivity contribution in [3.63, 3.8) is 0 Å². The fourth-order valence-corrected chi connectivity index (χ4v) is 4.35. The lowest BCUT2D eigenvalue weighted by atomic mass is 10.1. The Labute approximate surface area is 187 Å². The van der Waals surface area contributed by atoms with E-state index in [1.807, 2.05) is 31.6 Å². The predicted octanol–water partition coefficient (Wildman–Crippen LogP) is 5.36. The molecule has 1 fully saturated rings. The number of hydrogen-bond acceptors (Lipinski definition) is 7. The second kappa shape index (κ2) is 9.75. The quantitative estimate of drug-likeness (QED) is 0.453. The molecule has 0 unspecified atom stereocenters. The summed E-state index contributed by atoms with van der Waals surface area (Å²) in [5.41, 5.74) is 8.09. The zero-order valence-electron chi connectivity index (χ0n) is 18.0. The van der Waals surface area contributed by atoms with E-state index in [9.17, 15) is 0 Å². The maximum absolute atomic E-state index is 5.66. The zero-order valence-corrected chi connectivity index (χ0v) is 18.8. The van der Waals surface area contributed by atoms with E-state index in [-0.39, 0.29) is 0 Å². The number of anilines is 3. The van der Waals surface area contributed by atoms with Gasteiger partial charge >= 0.3 is 0 Å². The molecule has 0 saturated carbocycles. The van der Waals surface area contributed by atoms with Crippen molar-refractivity contribution in [3.05, 3.63) is 60.6 Å². The number of fused-ring (bicyclic) bond motifs is 1. The Morgan fingerprint density at radius 1 is 0.935 bits per heavy atom. The van der Waals surface area contributed by atoms with Crippen molar-refractivity contribution >= 4 is 38.9 Å². The molecule has 7 heteroatoms. The van der Waals surface area contributed by atoms with Gasteiger partial charge in [0, 0.05) is 44.1 Å². The van der Waals surface area contributed by atoms with Crippen molar-refractivity contribution < 1.29 is 0 Å². The van der Waals surface area contributed by atoms with Gasteiger partial charge in [0.15, 0.2) is 5.13 Å². The van der Waals surface area contributed by atoms with Crippen LogP contribution in [0.2, 0.25) is 0 Å². The van der Waals surface area contributed by atoms with Gasteiger partial charge in [-0.25, -0.2) is 15.0 Å². The molecule has 5 rings (SSSR count). The third-order valence-electron chi connectivity index (χ3n) is 5.37. The number of piperidine rings is 1. The molecule has 1 aliphatic rings. The van der Waals surface area contributed by atoms with E-state index in [0.717, 1.165) is 32.8 Å². The summed E-state index contributed by atoms with van der Waals surface area (Å²) in [4.78, 5) is 16.2. The van der Waals surface area contributed by atoms with Crippen LogP contribution in [0.3, 0.4) is 0 Å². The minimum atomic E-state index is 0.593. The molecule has 1 aliphatic heterocycles. The van der Waals surface area contributed by atoms with Crippen molar-refractivity contribution in [2.75, 3.05) is 36.1 Å². The van der Waals surface area contributed by atoms with Crippen LogP contribution in [0.25, 0.3) is 21.2 Å². The lowest BCUT2D eigenvalue weighted by Crippen LogP contribution is -2.30. The van der Waals surface area contributed by atoms with Crippen molar-refractivity contribution in [1.29, 1.82) is 0 Å². The fourth-order valence-electron chi connectivity index (χ4n) is 3.67. The number of rotatable bonds is 3. The molecular formula is C24H28N6S. The third-order valence-corrected chi connectivity index (χ3v) is 6.24. The van der Waals surface area contributed by atoms with Crippen molar-refractivity contribution in [2.45, 2.75) is 26.2 Å². The number of nitrogens with one attached hydrogen (secondary N) is 1. The first kappa shape index (κ1) is 21.1. The summed E-state index contributed by atoms with van der Waals surface area (Å²) in [6.07, 6.45) is 9.58. The summed E-state index contributed by atoms with van der Waals surface area (Å²) in [6, 6.07) is 12.5. The lowest BCUT2D eigenvalue weighted by Gasteiger charge is -2.27. The number of thiazole rings is 1. The average Bonchev–Trinajstić information content (AvgIpc) is 3.25. The molecule has 0 atom stereocenters. The molecule has 0 spiro atoms. The van der Waals surface area contributed by atoms with Crippen LogP contribution in [0, 0.1) is 6.92 Å². The number of aromatic nitrogens is 3. The van der Waals surface area contributed by atoms with Gasteiger partial charge in [0.25, 0.3) is 0 Å². The maximum atomic E-state index is 5.66. The number of nitrogen functional groups attached to an aromatic ring is 1. The van der Waals surface area contributed by atoms with Crippen LogP contribution in [0.5, 0.6) is 0 Å². The standard InChI is InChI=1S/C13H12N4S.C11H16N2/c1-15-12-5-10-4-8(2-3-9(10)6-16-12)11-7-17-13(14)18-11;1-10-5-6-12-11(9-10)13-7-3-2-4-8-13/h2-7H,1H3,(H2,14,17)(H,15,16);5-6,9H,2-4,7-8H2,1H3. The molecule has 0 radical (unpaired) electrons. The highest BCUT2D eigenvalue weighted by Crippen LogP contribution is 2.30. The smallest absolute Gasteiger partial charge is 0.180 e. The molecule has 0 bridgehead atoms. The molecule has 0 amide bonds. The molecular weight excluding hydrogens is 404 g/mol.